The van der Waals surface area contributed by atoms with Gasteiger partial charge in [-0.25, -0.2) is 0 Å². The second kappa shape index (κ2) is 10.4. The minimum atomic E-state index is -0.314. The van der Waals surface area contributed by atoms with E-state index in [1.807, 2.05) is 24.3 Å². The molecular weight excluding hydrogens is 355 g/mol. The number of carbonyl (C=O) groups is 1. The molecular formula is C21H28Cl2O2. The summed E-state index contributed by atoms with van der Waals surface area (Å²) in [5, 5.41) is 11.2. The highest BCUT2D eigenvalue weighted by atomic mass is 35.5. The summed E-state index contributed by atoms with van der Waals surface area (Å²) in [5.74, 6) is 0.795. The molecule has 1 aliphatic rings. The fourth-order valence-corrected chi connectivity index (χ4v) is 4.29. The van der Waals surface area contributed by atoms with Gasteiger partial charge in [-0.2, -0.15) is 0 Å². The molecule has 1 saturated carbocycles. The topological polar surface area (TPSA) is 37.3 Å². The molecule has 1 fully saturated rings. The number of carbonyl (C=O) groups excluding carboxylic acids is 1. The van der Waals surface area contributed by atoms with Gasteiger partial charge in [0.1, 0.15) is 5.78 Å². The van der Waals surface area contributed by atoms with Gasteiger partial charge < -0.3 is 9.90 Å². The minimum Gasteiger partial charge on any atom is -0.393 e. The van der Waals surface area contributed by atoms with Crippen LogP contribution in [0.25, 0.3) is 0 Å². The van der Waals surface area contributed by atoms with Crippen molar-refractivity contribution in [3.63, 3.8) is 0 Å². The summed E-state index contributed by atoms with van der Waals surface area (Å²) in [6.07, 6.45) is 9.93. The van der Waals surface area contributed by atoms with Crippen LogP contribution in [0.3, 0.4) is 0 Å². The van der Waals surface area contributed by atoms with E-state index in [1.165, 1.54) is 5.56 Å². The number of aryl methyl sites for hydroxylation is 1. The Bertz CT molecular complexity index is 568. The van der Waals surface area contributed by atoms with Gasteiger partial charge in [-0.15, -0.1) is 11.6 Å². The van der Waals surface area contributed by atoms with Crippen LogP contribution >= 0.6 is 23.2 Å². The first-order valence-corrected chi connectivity index (χ1v) is 10.00. The summed E-state index contributed by atoms with van der Waals surface area (Å²) in [6.45, 7) is 1.63. The molecule has 2 rings (SSSR count). The van der Waals surface area contributed by atoms with Crippen LogP contribution in [-0.4, -0.2) is 22.4 Å². The lowest BCUT2D eigenvalue weighted by atomic mass is 9.86. The number of rotatable bonds is 9. The van der Waals surface area contributed by atoms with Gasteiger partial charge in [0.05, 0.1) is 6.10 Å². The van der Waals surface area contributed by atoms with Gasteiger partial charge in [-0.1, -0.05) is 35.9 Å². The van der Waals surface area contributed by atoms with E-state index in [0.717, 1.165) is 37.1 Å². The normalized spacial score (nSPS) is 26.4. The molecule has 4 heteroatoms. The van der Waals surface area contributed by atoms with Crippen molar-refractivity contribution in [3.8, 4) is 0 Å². The molecule has 0 unspecified atom stereocenters. The van der Waals surface area contributed by atoms with Crippen molar-refractivity contribution in [2.75, 3.05) is 0 Å². The second-order valence-corrected chi connectivity index (χ2v) is 8.11. The van der Waals surface area contributed by atoms with E-state index in [2.05, 4.69) is 12.2 Å². The Kier molecular flexibility index (Phi) is 8.48. The monoisotopic (exact) mass is 382 g/mol. The number of allylic oxidation sites excluding steroid dienone is 2. The number of hydrogen-bond donors (Lipinski definition) is 1. The minimum absolute atomic E-state index is 0.0343. The van der Waals surface area contributed by atoms with Crippen molar-refractivity contribution >= 4 is 29.0 Å². The maximum absolute atomic E-state index is 10.9. The van der Waals surface area contributed by atoms with Crippen LogP contribution in [0.2, 0.25) is 5.02 Å². The van der Waals surface area contributed by atoms with E-state index in [9.17, 15) is 9.90 Å². The molecule has 4 atom stereocenters. The largest absolute Gasteiger partial charge is 0.393 e. The summed E-state index contributed by atoms with van der Waals surface area (Å²) in [7, 11) is 0. The number of aliphatic hydroxyl groups is 1. The predicted octanol–water partition coefficient (Wildman–Crippen LogP) is 5.58. The highest BCUT2D eigenvalue weighted by molar-refractivity contribution is 6.30. The molecule has 25 heavy (non-hydrogen) atoms. The Morgan fingerprint density at radius 2 is 1.96 bits per heavy atom. The van der Waals surface area contributed by atoms with E-state index in [1.54, 1.807) is 6.92 Å². The van der Waals surface area contributed by atoms with E-state index in [-0.39, 0.29) is 23.2 Å². The zero-order chi connectivity index (χ0) is 18.2. The molecule has 0 heterocycles. The van der Waals surface area contributed by atoms with Gasteiger partial charge in [0.25, 0.3) is 0 Å². The Balaban J connectivity index is 1.83. The molecule has 0 aromatic heterocycles. The Morgan fingerprint density at radius 3 is 2.64 bits per heavy atom. The van der Waals surface area contributed by atoms with Crippen LogP contribution < -0.4 is 0 Å². The van der Waals surface area contributed by atoms with Crippen LogP contribution in [0.15, 0.2) is 36.4 Å². The average Bonchev–Trinajstić information content (AvgIpc) is 2.83. The second-order valence-electron chi connectivity index (χ2n) is 7.11. The third-order valence-corrected chi connectivity index (χ3v) is 5.88. The lowest BCUT2D eigenvalue weighted by Crippen LogP contribution is -2.21. The third-order valence-electron chi connectivity index (χ3n) is 5.13. The van der Waals surface area contributed by atoms with Gasteiger partial charge in [0.2, 0.25) is 0 Å². The molecule has 0 bridgehead atoms. The molecule has 138 valence electrons. The Labute approximate surface area is 161 Å². The summed E-state index contributed by atoms with van der Waals surface area (Å²) < 4.78 is 0. The summed E-state index contributed by atoms with van der Waals surface area (Å²) in [6, 6.07) is 7.92. The number of hydrogen-bond acceptors (Lipinski definition) is 2. The number of aliphatic hydroxyl groups excluding tert-OH is 1. The molecule has 0 amide bonds. The van der Waals surface area contributed by atoms with Crippen LogP contribution in [-0.2, 0) is 11.2 Å². The zero-order valence-corrected chi connectivity index (χ0v) is 16.3. The molecule has 1 aromatic carbocycles. The molecule has 2 nitrogen and oxygen atoms in total. The van der Waals surface area contributed by atoms with Gasteiger partial charge in [0.15, 0.2) is 0 Å². The smallest absolute Gasteiger partial charge is 0.129 e. The number of unbranched alkanes of at least 4 members (excludes halogenated alkanes) is 1. The molecule has 0 radical (unpaired) electrons. The lowest BCUT2D eigenvalue weighted by Gasteiger charge is -2.22. The number of ketones is 1. The Hall–Kier alpha value is -0.830. The van der Waals surface area contributed by atoms with Crippen molar-refractivity contribution in [3.05, 3.63) is 47.0 Å². The first kappa shape index (κ1) is 20.5. The van der Waals surface area contributed by atoms with Crippen molar-refractivity contribution in [1.82, 2.24) is 0 Å². The van der Waals surface area contributed by atoms with E-state index < -0.39 is 0 Å². The standard InChI is InChI=1S/C21H28Cl2O2/c1-15(24)6-4-2-3-5-7-18-19(21(25)14-20(18)23)13-10-16-8-11-17(22)12-9-16/h3,5,8-9,11-12,18-21,25H,2,4,6-7,10,13-14H2,1H3/b5-3-/t18-,19-,20-,21-/m1/s1. The zero-order valence-electron chi connectivity index (χ0n) is 14.8. The number of alkyl halides is 1. The fourth-order valence-electron chi connectivity index (χ4n) is 3.69. The van der Waals surface area contributed by atoms with Crippen LogP contribution in [0, 0.1) is 11.8 Å². The van der Waals surface area contributed by atoms with Gasteiger partial charge >= 0.3 is 0 Å². The van der Waals surface area contributed by atoms with Crippen molar-refractivity contribution < 1.29 is 9.90 Å². The SMILES string of the molecule is CC(=O)CCC/C=C\C[C@@H]1[C@@H](CCc2ccc(Cl)cc2)[C@H](O)C[C@H]1Cl. The van der Waals surface area contributed by atoms with E-state index >= 15 is 0 Å². The van der Waals surface area contributed by atoms with Gasteiger partial charge in [0, 0.05) is 16.8 Å². The van der Waals surface area contributed by atoms with Crippen LogP contribution in [0.5, 0.6) is 0 Å². The van der Waals surface area contributed by atoms with Crippen LogP contribution in [0.4, 0.5) is 0 Å². The third kappa shape index (κ3) is 6.77. The van der Waals surface area contributed by atoms with E-state index in [4.69, 9.17) is 23.2 Å². The maximum atomic E-state index is 10.9. The van der Waals surface area contributed by atoms with E-state index in [0.29, 0.717) is 18.8 Å². The molecule has 0 saturated heterocycles. The summed E-state index contributed by atoms with van der Waals surface area (Å²) >= 11 is 12.4. The fraction of sp³-hybridized carbons (Fsp3) is 0.571. The number of Topliss-reactive ketones (excluding diaryl/α,β-unsaturated/α-hetero) is 1. The highest BCUT2D eigenvalue weighted by Gasteiger charge is 2.40. The molecule has 1 aliphatic carbocycles. The summed E-state index contributed by atoms with van der Waals surface area (Å²) in [4.78, 5) is 10.9. The maximum Gasteiger partial charge on any atom is 0.129 e. The molecule has 1 N–H and O–H groups in total. The highest BCUT2D eigenvalue weighted by Crippen LogP contribution is 2.41. The Morgan fingerprint density at radius 1 is 1.24 bits per heavy atom. The molecule has 0 aliphatic heterocycles. The van der Waals surface area contributed by atoms with Gasteiger partial charge in [-0.05, 0) is 75.0 Å². The van der Waals surface area contributed by atoms with Crippen molar-refractivity contribution in [2.24, 2.45) is 11.8 Å². The number of benzene rings is 1. The van der Waals surface area contributed by atoms with Crippen molar-refractivity contribution in [2.45, 2.75) is 63.4 Å². The van der Waals surface area contributed by atoms with Crippen LogP contribution in [0.1, 0.15) is 51.0 Å². The first-order valence-electron chi connectivity index (χ1n) is 9.18. The van der Waals surface area contributed by atoms with Gasteiger partial charge in [-0.3, -0.25) is 0 Å². The lowest BCUT2D eigenvalue weighted by molar-refractivity contribution is -0.117. The van der Waals surface area contributed by atoms with Crippen molar-refractivity contribution in [1.29, 1.82) is 0 Å². The number of halogens is 2. The predicted molar refractivity (Wildman–Crippen MR) is 105 cm³/mol. The molecule has 1 aromatic rings. The summed E-state index contributed by atoms with van der Waals surface area (Å²) in [5.41, 5.74) is 1.24. The molecule has 0 spiro atoms. The first-order chi connectivity index (χ1) is 12.0. The quantitative estimate of drug-likeness (QED) is 0.343. The average molecular weight is 383 g/mol.